The van der Waals surface area contributed by atoms with E-state index in [-0.39, 0.29) is 17.4 Å². The van der Waals surface area contributed by atoms with Crippen molar-refractivity contribution in [3.8, 4) is 0 Å². The van der Waals surface area contributed by atoms with Crippen LogP contribution in [0.2, 0.25) is 0 Å². The Hall–Kier alpha value is -1.32. The first-order valence-electron chi connectivity index (χ1n) is 8.14. The lowest BCUT2D eigenvalue weighted by Crippen LogP contribution is -2.33. The van der Waals surface area contributed by atoms with E-state index in [4.69, 9.17) is 9.47 Å². The molecule has 4 nitrogen and oxygen atoms in total. The third-order valence-electron chi connectivity index (χ3n) is 4.05. The molecule has 0 aromatic rings. The van der Waals surface area contributed by atoms with Gasteiger partial charge in [0.1, 0.15) is 0 Å². The lowest BCUT2D eigenvalue weighted by atomic mass is 9.83. The van der Waals surface area contributed by atoms with E-state index in [9.17, 15) is 9.59 Å². The molecular weight excluding hydrogens is 280 g/mol. The summed E-state index contributed by atoms with van der Waals surface area (Å²) in [5.41, 5.74) is 0.285. The van der Waals surface area contributed by atoms with Crippen molar-refractivity contribution in [1.82, 2.24) is 0 Å². The molecule has 0 heterocycles. The average Bonchev–Trinajstić information content (AvgIpc) is 2.44. The van der Waals surface area contributed by atoms with E-state index in [1.807, 2.05) is 12.2 Å². The Morgan fingerprint density at radius 2 is 1.68 bits per heavy atom. The molecule has 1 rings (SSSR count). The normalized spacial score (nSPS) is 23.0. The van der Waals surface area contributed by atoms with Crippen LogP contribution in [0.3, 0.4) is 0 Å². The molecule has 3 unspecified atom stereocenters. The number of hydrogen-bond acceptors (Lipinski definition) is 4. The van der Waals surface area contributed by atoms with Crippen LogP contribution in [0.4, 0.5) is 0 Å². The maximum atomic E-state index is 12.2. The minimum absolute atomic E-state index is 0.275. The number of methoxy groups -OCH3 is 1. The Balaban J connectivity index is 2.44. The molecule has 0 N–H and O–H groups in total. The maximum Gasteiger partial charge on any atom is 0.310 e. The van der Waals surface area contributed by atoms with Crippen LogP contribution in [0, 0.1) is 23.2 Å². The SMILES string of the molecule is COC(=O)C1CC=CCC1C(=O)OCCC(C)CC(C)(C)C. The highest BCUT2D eigenvalue weighted by atomic mass is 16.5. The summed E-state index contributed by atoms with van der Waals surface area (Å²) in [5.74, 6) is -0.907. The van der Waals surface area contributed by atoms with E-state index in [2.05, 4.69) is 27.7 Å². The zero-order valence-electron chi connectivity index (χ0n) is 14.6. The standard InChI is InChI=1S/C18H30O4/c1-13(12-18(2,3)4)10-11-22-17(20)15-9-7-6-8-14(15)16(19)21-5/h6-7,13-15H,8-12H2,1-5H3. The summed E-state index contributed by atoms with van der Waals surface area (Å²) in [6.07, 6.45) is 6.92. The molecule has 126 valence electrons. The molecular formula is C18H30O4. The Kier molecular flexibility index (Phi) is 7.11. The molecule has 0 amide bonds. The van der Waals surface area contributed by atoms with Gasteiger partial charge in [-0.25, -0.2) is 0 Å². The van der Waals surface area contributed by atoms with Gasteiger partial charge in [0.2, 0.25) is 0 Å². The molecule has 1 aliphatic carbocycles. The fourth-order valence-electron chi connectivity index (χ4n) is 3.10. The second-order valence-corrected chi connectivity index (χ2v) is 7.51. The summed E-state index contributed by atoms with van der Waals surface area (Å²) in [6, 6.07) is 0. The number of ether oxygens (including phenoxy) is 2. The molecule has 1 aliphatic rings. The topological polar surface area (TPSA) is 52.6 Å². The second kappa shape index (κ2) is 8.35. The first-order valence-corrected chi connectivity index (χ1v) is 8.14. The van der Waals surface area contributed by atoms with E-state index in [1.54, 1.807) is 0 Å². The summed E-state index contributed by atoms with van der Waals surface area (Å²) in [5, 5.41) is 0. The van der Waals surface area contributed by atoms with Crippen LogP contribution >= 0.6 is 0 Å². The van der Waals surface area contributed by atoms with Gasteiger partial charge in [-0.15, -0.1) is 0 Å². The van der Waals surface area contributed by atoms with E-state index < -0.39 is 11.8 Å². The van der Waals surface area contributed by atoms with Gasteiger partial charge in [-0.2, -0.15) is 0 Å². The van der Waals surface area contributed by atoms with Gasteiger partial charge < -0.3 is 9.47 Å². The van der Waals surface area contributed by atoms with Gasteiger partial charge in [0.25, 0.3) is 0 Å². The van der Waals surface area contributed by atoms with E-state index in [1.165, 1.54) is 7.11 Å². The Morgan fingerprint density at radius 3 is 2.18 bits per heavy atom. The Bertz CT molecular complexity index is 406. The van der Waals surface area contributed by atoms with Crippen LogP contribution in [0.5, 0.6) is 0 Å². The zero-order valence-corrected chi connectivity index (χ0v) is 14.6. The number of hydrogen-bond donors (Lipinski definition) is 0. The summed E-state index contributed by atoms with van der Waals surface area (Å²) in [7, 11) is 1.36. The van der Waals surface area contributed by atoms with Crippen molar-refractivity contribution < 1.29 is 19.1 Å². The first kappa shape index (κ1) is 18.7. The Morgan fingerprint density at radius 1 is 1.14 bits per heavy atom. The maximum absolute atomic E-state index is 12.2. The van der Waals surface area contributed by atoms with Gasteiger partial charge in [-0.3, -0.25) is 9.59 Å². The number of rotatable bonds is 6. The molecule has 0 fully saturated rings. The number of allylic oxidation sites excluding steroid dienone is 2. The zero-order chi connectivity index (χ0) is 16.8. The van der Waals surface area contributed by atoms with Crippen LogP contribution in [0.1, 0.15) is 53.4 Å². The van der Waals surface area contributed by atoms with Gasteiger partial charge in [0, 0.05) is 0 Å². The van der Waals surface area contributed by atoms with Gasteiger partial charge in [-0.1, -0.05) is 39.8 Å². The van der Waals surface area contributed by atoms with Gasteiger partial charge >= 0.3 is 11.9 Å². The lowest BCUT2D eigenvalue weighted by Gasteiger charge is -2.26. The summed E-state index contributed by atoms with van der Waals surface area (Å²) < 4.78 is 10.2. The third kappa shape index (κ3) is 6.20. The molecule has 0 bridgehead atoms. The van der Waals surface area contributed by atoms with Crippen LogP contribution in [-0.4, -0.2) is 25.7 Å². The molecule has 22 heavy (non-hydrogen) atoms. The number of carbonyl (C=O) groups is 2. The highest BCUT2D eigenvalue weighted by molar-refractivity contribution is 5.82. The highest BCUT2D eigenvalue weighted by Crippen LogP contribution is 2.29. The minimum Gasteiger partial charge on any atom is -0.469 e. The molecule has 0 spiro atoms. The fourth-order valence-corrected chi connectivity index (χ4v) is 3.10. The number of esters is 2. The van der Waals surface area contributed by atoms with Crippen LogP contribution in [0.15, 0.2) is 12.2 Å². The largest absolute Gasteiger partial charge is 0.469 e. The van der Waals surface area contributed by atoms with Crippen LogP contribution < -0.4 is 0 Å². The predicted molar refractivity (Wildman–Crippen MR) is 86.2 cm³/mol. The molecule has 4 heteroatoms. The van der Waals surface area contributed by atoms with Crippen molar-refractivity contribution in [3.05, 3.63) is 12.2 Å². The quantitative estimate of drug-likeness (QED) is 0.554. The molecule has 0 saturated carbocycles. The molecule has 0 saturated heterocycles. The van der Waals surface area contributed by atoms with Crippen molar-refractivity contribution in [2.45, 2.75) is 53.4 Å². The molecule has 0 aromatic carbocycles. The van der Waals surface area contributed by atoms with Gasteiger partial charge in [0.15, 0.2) is 0 Å². The molecule has 0 aliphatic heterocycles. The van der Waals surface area contributed by atoms with Crippen molar-refractivity contribution in [2.24, 2.45) is 23.2 Å². The van der Waals surface area contributed by atoms with Crippen LogP contribution in [-0.2, 0) is 19.1 Å². The lowest BCUT2D eigenvalue weighted by molar-refractivity contribution is -0.159. The van der Waals surface area contributed by atoms with Crippen molar-refractivity contribution >= 4 is 11.9 Å². The summed E-state index contributed by atoms with van der Waals surface area (Å²) >= 11 is 0. The fraction of sp³-hybridized carbons (Fsp3) is 0.778. The van der Waals surface area contributed by atoms with Crippen LogP contribution in [0.25, 0.3) is 0 Å². The van der Waals surface area contributed by atoms with Crippen molar-refractivity contribution in [3.63, 3.8) is 0 Å². The second-order valence-electron chi connectivity index (χ2n) is 7.51. The summed E-state index contributed by atoms with van der Waals surface area (Å²) in [6.45, 7) is 9.24. The smallest absolute Gasteiger partial charge is 0.310 e. The van der Waals surface area contributed by atoms with Gasteiger partial charge in [-0.05, 0) is 37.0 Å². The highest BCUT2D eigenvalue weighted by Gasteiger charge is 2.35. The van der Waals surface area contributed by atoms with E-state index in [0.717, 1.165) is 12.8 Å². The summed E-state index contributed by atoms with van der Waals surface area (Å²) in [4.78, 5) is 24.0. The molecule has 3 atom stereocenters. The van der Waals surface area contributed by atoms with Crippen molar-refractivity contribution in [1.29, 1.82) is 0 Å². The van der Waals surface area contributed by atoms with E-state index in [0.29, 0.717) is 25.4 Å². The number of carbonyl (C=O) groups excluding carboxylic acids is 2. The third-order valence-corrected chi connectivity index (χ3v) is 4.05. The molecule has 0 aromatic heterocycles. The minimum atomic E-state index is -0.408. The van der Waals surface area contributed by atoms with Gasteiger partial charge in [0.05, 0.1) is 25.6 Å². The Labute approximate surface area is 134 Å². The average molecular weight is 310 g/mol. The predicted octanol–water partition coefficient (Wildman–Crippen LogP) is 3.75. The molecule has 0 radical (unpaired) electrons. The van der Waals surface area contributed by atoms with Crippen molar-refractivity contribution in [2.75, 3.05) is 13.7 Å². The first-order chi connectivity index (χ1) is 10.2. The monoisotopic (exact) mass is 310 g/mol. The van der Waals surface area contributed by atoms with E-state index >= 15 is 0 Å².